The van der Waals surface area contributed by atoms with Crippen molar-refractivity contribution in [1.29, 1.82) is 0 Å². The Labute approximate surface area is 126 Å². The zero-order valence-electron chi connectivity index (χ0n) is 11.9. The van der Waals surface area contributed by atoms with Crippen LogP contribution < -0.4 is 0 Å². The monoisotopic (exact) mass is 323 g/mol. The molecule has 0 spiro atoms. The highest BCUT2D eigenvalue weighted by atomic mass is 79.9. The van der Waals surface area contributed by atoms with Crippen LogP contribution in [-0.2, 0) is 6.42 Å². The van der Waals surface area contributed by atoms with E-state index in [4.69, 9.17) is 0 Å². The number of rotatable bonds is 7. The summed E-state index contributed by atoms with van der Waals surface area (Å²) in [5, 5.41) is 1.16. The molecule has 1 aromatic carbocycles. The van der Waals surface area contributed by atoms with E-state index in [1.54, 1.807) is 0 Å². The van der Waals surface area contributed by atoms with Gasteiger partial charge in [-0.15, -0.1) is 0 Å². The Balaban J connectivity index is 1.62. The van der Waals surface area contributed by atoms with Gasteiger partial charge in [-0.2, -0.15) is 0 Å². The molecule has 0 unspecified atom stereocenters. The lowest BCUT2D eigenvalue weighted by molar-refractivity contribution is 0.181. The van der Waals surface area contributed by atoms with Crippen molar-refractivity contribution < 1.29 is 0 Å². The van der Waals surface area contributed by atoms with Crippen molar-refractivity contribution in [2.45, 2.75) is 38.5 Å². The fourth-order valence-corrected chi connectivity index (χ4v) is 3.36. The van der Waals surface area contributed by atoms with Crippen LogP contribution in [0, 0.1) is 5.92 Å². The topological polar surface area (TPSA) is 3.24 Å². The van der Waals surface area contributed by atoms with E-state index >= 15 is 0 Å². The van der Waals surface area contributed by atoms with Gasteiger partial charge in [-0.1, -0.05) is 52.7 Å². The fraction of sp³-hybridized carbons (Fsp3) is 0.647. The summed E-state index contributed by atoms with van der Waals surface area (Å²) in [5.74, 6) is 0.904. The number of hydrogen-bond donors (Lipinski definition) is 0. The molecule has 1 aromatic rings. The van der Waals surface area contributed by atoms with Gasteiger partial charge in [0.2, 0.25) is 0 Å². The van der Waals surface area contributed by atoms with Crippen LogP contribution in [0.4, 0.5) is 0 Å². The summed E-state index contributed by atoms with van der Waals surface area (Å²) in [6.45, 7) is 3.93. The maximum absolute atomic E-state index is 3.50. The Morgan fingerprint density at radius 2 is 1.74 bits per heavy atom. The molecule has 0 radical (unpaired) electrons. The molecule has 0 aliphatic carbocycles. The Morgan fingerprint density at radius 3 is 2.42 bits per heavy atom. The summed E-state index contributed by atoms with van der Waals surface area (Å²) in [5.41, 5.74) is 1.51. The van der Waals surface area contributed by atoms with Gasteiger partial charge in [0.15, 0.2) is 0 Å². The van der Waals surface area contributed by atoms with Crippen LogP contribution in [0.15, 0.2) is 30.3 Å². The maximum Gasteiger partial charge on any atom is 0.00313 e. The Morgan fingerprint density at radius 1 is 1.00 bits per heavy atom. The highest BCUT2D eigenvalue weighted by molar-refractivity contribution is 9.09. The number of benzene rings is 1. The van der Waals surface area contributed by atoms with Gasteiger partial charge in [0.25, 0.3) is 0 Å². The van der Waals surface area contributed by atoms with Crippen molar-refractivity contribution in [2.24, 2.45) is 5.92 Å². The summed E-state index contributed by atoms with van der Waals surface area (Å²) in [4.78, 5) is 2.66. The minimum absolute atomic E-state index is 0.904. The maximum atomic E-state index is 3.50. The van der Waals surface area contributed by atoms with Crippen molar-refractivity contribution in [3.8, 4) is 0 Å². The summed E-state index contributed by atoms with van der Waals surface area (Å²) >= 11 is 3.50. The molecule has 1 aliphatic rings. The molecular weight excluding hydrogens is 298 g/mol. The van der Waals surface area contributed by atoms with Gasteiger partial charge in [0.05, 0.1) is 0 Å². The van der Waals surface area contributed by atoms with Crippen molar-refractivity contribution >= 4 is 15.9 Å². The third kappa shape index (κ3) is 5.66. The predicted octanol–water partition coefficient (Wildman–Crippen LogP) is 4.51. The predicted molar refractivity (Wildman–Crippen MR) is 87.0 cm³/mol. The standard InChI is InChI=1S/C17H26BrN/c18-11-5-2-6-12-19-13-9-17(10-14-19)15-16-7-3-1-4-8-16/h1,3-4,7-8,17H,2,5-6,9-15H2. The number of hydrogen-bond acceptors (Lipinski definition) is 1. The lowest BCUT2D eigenvalue weighted by Crippen LogP contribution is -2.35. The number of alkyl halides is 1. The molecule has 106 valence electrons. The van der Waals surface area contributed by atoms with E-state index < -0.39 is 0 Å². The zero-order chi connectivity index (χ0) is 13.3. The largest absolute Gasteiger partial charge is 0.303 e. The molecule has 2 rings (SSSR count). The van der Waals surface area contributed by atoms with E-state index in [1.807, 2.05) is 0 Å². The number of halogens is 1. The molecule has 0 atom stereocenters. The lowest BCUT2D eigenvalue weighted by Gasteiger charge is -2.32. The van der Waals surface area contributed by atoms with Crippen LogP contribution >= 0.6 is 15.9 Å². The third-order valence-corrected chi connectivity index (χ3v) is 4.74. The van der Waals surface area contributed by atoms with Crippen LogP contribution in [0.2, 0.25) is 0 Å². The molecule has 1 saturated heterocycles. The minimum Gasteiger partial charge on any atom is -0.303 e. The second kappa shape index (κ2) is 8.76. The van der Waals surface area contributed by atoms with Crippen LogP contribution in [0.1, 0.15) is 37.7 Å². The Bertz CT molecular complexity index is 330. The number of unbranched alkanes of at least 4 members (excludes halogenated alkanes) is 2. The molecule has 1 fully saturated rings. The summed E-state index contributed by atoms with van der Waals surface area (Å²) in [7, 11) is 0. The van der Waals surface area contributed by atoms with Gasteiger partial charge >= 0.3 is 0 Å². The molecule has 1 heterocycles. The number of likely N-dealkylation sites (tertiary alicyclic amines) is 1. The molecule has 1 aliphatic heterocycles. The molecular formula is C17H26BrN. The van der Waals surface area contributed by atoms with E-state index in [-0.39, 0.29) is 0 Å². The molecule has 2 heteroatoms. The van der Waals surface area contributed by atoms with Crippen molar-refractivity contribution in [2.75, 3.05) is 25.0 Å². The van der Waals surface area contributed by atoms with Gasteiger partial charge in [-0.25, -0.2) is 0 Å². The smallest absolute Gasteiger partial charge is 0.00313 e. The van der Waals surface area contributed by atoms with E-state index in [1.165, 1.54) is 63.7 Å². The van der Waals surface area contributed by atoms with E-state index in [2.05, 4.69) is 51.2 Å². The average Bonchev–Trinajstić information content (AvgIpc) is 2.46. The third-order valence-electron chi connectivity index (χ3n) is 4.18. The van der Waals surface area contributed by atoms with Crippen LogP contribution in [-0.4, -0.2) is 29.9 Å². The quantitative estimate of drug-likeness (QED) is 0.527. The van der Waals surface area contributed by atoms with E-state index in [0.29, 0.717) is 0 Å². The van der Waals surface area contributed by atoms with Crippen LogP contribution in [0.5, 0.6) is 0 Å². The first-order chi connectivity index (χ1) is 9.38. The van der Waals surface area contributed by atoms with Crippen LogP contribution in [0.3, 0.4) is 0 Å². The lowest BCUT2D eigenvalue weighted by atomic mass is 9.90. The Kier molecular flexibility index (Phi) is 6.94. The molecule has 0 N–H and O–H groups in total. The summed E-state index contributed by atoms with van der Waals surface area (Å²) < 4.78 is 0. The van der Waals surface area contributed by atoms with Crippen LogP contribution in [0.25, 0.3) is 0 Å². The van der Waals surface area contributed by atoms with Gasteiger partial charge in [-0.05, 0) is 63.2 Å². The van der Waals surface area contributed by atoms with Gasteiger partial charge < -0.3 is 4.90 Å². The minimum atomic E-state index is 0.904. The van der Waals surface area contributed by atoms with Gasteiger partial charge in [-0.3, -0.25) is 0 Å². The SMILES string of the molecule is BrCCCCCN1CCC(Cc2ccccc2)CC1. The average molecular weight is 324 g/mol. The highest BCUT2D eigenvalue weighted by Crippen LogP contribution is 2.21. The first kappa shape index (κ1) is 15.1. The highest BCUT2D eigenvalue weighted by Gasteiger charge is 2.18. The van der Waals surface area contributed by atoms with Crippen molar-refractivity contribution in [3.63, 3.8) is 0 Å². The second-order valence-corrected chi connectivity index (χ2v) is 6.52. The van der Waals surface area contributed by atoms with E-state index in [0.717, 1.165) is 11.2 Å². The van der Waals surface area contributed by atoms with Crippen molar-refractivity contribution in [3.05, 3.63) is 35.9 Å². The summed E-state index contributed by atoms with van der Waals surface area (Å²) in [6, 6.07) is 11.0. The molecule has 1 nitrogen and oxygen atoms in total. The second-order valence-electron chi connectivity index (χ2n) is 5.72. The number of nitrogens with zero attached hydrogens (tertiary/aromatic N) is 1. The molecule has 0 bridgehead atoms. The molecule has 0 amide bonds. The first-order valence-electron chi connectivity index (χ1n) is 7.70. The van der Waals surface area contributed by atoms with E-state index in [9.17, 15) is 0 Å². The van der Waals surface area contributed by atoms with Gasteiger partial charge in [0.1, 0.15) is 0 Å². The molecule has 19 heavy (non-hydrogen) atoms. The number of piperidine rings is 1. The summed E-state index contributed by atoms with van der Waals surface area (Å²) in [6.07, 6.45) is 8.10. The zero-order valence-corrected chi connectivity index (χ0v) is 13.4. The Hall–Kier alpha value is -0.340. The normalized spacial score (nSPS) is 17.7. The van der Waals surface area contributed by atoms with Crippen molar-refractivity contribution in [1.82, 2.24) is 4.90 Å². The van der Waals surface area contributed by atoms with Gasteiger partial charge in [0, 0.05) is 5.33 Å². The first-order valence-corrected chi connectivity index (χ1v) is 8.83. The molecule has 0 saturated carbocycles. The molecule has 0 aromatic heterocycles. The fourth-order valence-electron chi connectivity index (χ4n) is 2.97.